The molecule has 2 heteroatoms. The Morgan fingerprint density at radius 3 is 1.75 bits per heavy atom. The Kier molecular flexibility index (Phi) is 7.55. The van der Waals surface area contributed by atoms with E-state index in [2.05, 4.69) is 230 Å². The molecule has 0 N–H and O–H groups in total. The lowest BCUT2D eigenvalue weighted by Gasteiger charge is -2.28. The highest BCUT2D eigenvalue weighted by atomic mass is 15.1. The third kappa shape index (κ3) is 5.25. The van der Waals surface area contributed by atoms with Gasteiger partial charge in [-0.2, -0.15) is 0 Å². The van der Waals surface area contributed by atoms with Crippen LogP contribution in [0.3, 0.4) is 0 Å². The molecule has 2 nitrogen and oxygen atoms in total. The highest BCUT2D eigenvalue weighted by molar-refractivity contribution is 6.21. The Labute approximate surface area is 333 Å². The minimum absolute atomic E-state index is 0.0998. The van der Waals surface area contributed by atoms with E-state index >= 15 is 0 Å². The van der Waals surface area contributed by atoms with E-state index in [1.807, 2.05) is 0 Å². The van der Waals surface area contributed by atoms with Crippen LogP contribution in [0.5, 0.6) is 0 Å². The van der Waals surface area contributed by atoms with E-state index in [1.165, 1.54) is 82.8 Å². The molecule has 0 bridgehead atoms. The summed E-state index contributed by atoms with van der Waals surface area (Å²) >= 11 is 0. The fraction of sp³-hybridized carbons (Fsp3) is 0.0545. The molecule has 57 heavy (non-hydrogen) atoms. The predicted octanol–water partition coefficient (Wildman–Crippen LogP) is 15.0. The highest BCUT2D eigenvalue weighted by Gasteiger charge is 2.35. The number of aromatic nitrogens is 1. The molecule has 0 radical (unpaired) electrons. The minimum atomic E-state index is -0.0998. The van der Waals surface area contributed by atoms with Crippen molar-refractivity contribution in [2.24, 2.45) is 0 Å². The molecule has 0 amide bonds. The molecular weight excluding hydrogens is 689 g/mol. The number of hydrogen-bond acceptors (Lipinski definition) is 1. The summed E-state index contributed by atoms with van der Waals surface area (Å²) in [6, 6.07) is 75.5. The zero-order valence-corrected chi connectivity index (χ0v) is 32.0. The molecule has 0 aliphatic heterocycles. The Morgan fingerprint density at radius 2 is 0.965 bits per heavy atom. The molecule has 1 aliphatic rings. The van der Waals surface area contributed by atoms with Gasteiger partial charge in [0.2, 0.25) is 0 Å². The first-order chi connectivity index (χ1) is 28.0. The number of anilines is 3. The molecule has 0 saturated carbocycles. The average molecular weight is 729 g/mol. The Balaban J connectivity index is 1.04. The van der Waals surface area contributed by atoms with Crippen LogP contribution in [-0.2, 0) is 5.41 Å². The van der Waals surface area contributed by atoms with Crippen LogP contribution in [0.25, 0.3) is 71.6 Å². The summed E-state index contributed by atoms with van der Waals surface area (Å²) in [4.78, 5) is 2.40. The van der Waals surface area contributed by atoms with Gasteiger partial charge in [-0.1, -0.05) is 166 Å². The van der Waals surface area contributed by atoms with Crippen LogP contribution in [0.2, 0.25) is 0 Å². The second-order valence-electron chi connectivity index (χ2n) is 15.7. The molecule has 1 aromatic heterocycles. The van der Waals surface area contributed by atoms with E-state index in [0.29, 0.717) is 0 Å². The molecule has 0 unspecified atom stereocenters. The summed E-state index contributed by atoms with van der Waals surface area (Å²) < 4.78 is 2.45. The molecule has 0 spiro atoms. The van der Waals surface area contributed by atoms with Gasteiger partial charge in [0.1, 0.15) is 0 Å². The van der Waals surface area contributed by atoms with Gasteiger partial charge in [-0.25, -0.2) is 0 Å². The van der Waals surface area contributed by atoms with Crippen LogP contribution in [0.4, 0.5) is 17.1 Å². The van der Waals surface area contributed by atoms with Gasteiger partial charge in [-0.05, 0) is 104 Å². The van der Waals surface area contributed by atoms with Crippen LogP contribution in [0, 0.1) is 0 Å². The predicted molar refractivity (Wildman–Crippen MR) is 241 cm³/mol. The van der Waals surface area contributed by atoms with Crippen LogP contribution in [-0.4, -0.2) is 4.57 Å². The van der Waals surface area contributed by atoms with Gasteiger partial charge < -0.3 is 9.47 Å². The van der Waals surface area contributed by atoms with Gasteiger partial charge in [-0.15, -0.1) is 0 Å². The standard InChI is InChI=1S/C55H40N2/c1-55(2)49-21-11-8-19-46(49)47-34-33-43(36-50(47)55)56(41-29-24-38(25-30-41)37-14-4-3-5-15-37)42-31-26-40(27-32-42)44-17-9-12-22-51(44)57-52-23-13-10-20-48(52)54-45-18-7-6-16-39(45)28-35-53(54)57/h3-36H,1-2H3. The van der Waals surface area contributed by atoms with E-state index in [0.717, 1.165) is 17.1 Å². The number of nitrogens with zero attached hydrogens (tertiary/aromatic N) is 2. The lowest BCUT2D eigenvalue weighted by Crippen LogP contribution is -2.16. The van der Waals surface area contributed by atoms with E-state index in [-0.39, 0.29) is 5.41 Å². The van der Waals surface area contributed by atoms with Crippen molar-refractivity contribution >= 4 is 49.6 Å². The van der Waals surface area contributed by atoms with Crippen molar-refractivity contribution in [1.82, 2.24) is 4.57 Å². The minimum Gasteiger partial charge on any atom is -0.310 e. The Morgan fingerprint density at radius 1 is 0.386 bits per heavy atom. The van der Waals surface area contributed by atoms with Crippen molar-refractivity contribution in [3.63, 3.8) is 0 Å². The largest absolute Gasteiger partial charge is 0.310 e. The van der Waals surface area contributed by atoms with Crippen LogP contribution in [0.15, 0.2) is 206 Å². The maximum absolute atomic E-state index is 2.45. The van der Waals surface area contributed by atoms with Gasteiger partial charge in [0, 0.05) is 38.8 Å². The van der Waals surface area contributed by atoms with Crippen LogP contribution >= 0.6 is 0 Å². The quantitative estimate of drug-likeness (QED) is 0.165. The SMILES string of the molecule is CC1(C)c2ccccc2-c2ccc(N(c3ccc(-c4ccccc4)cc3)c3ccc(-c4ccccc4-n4c5ccccc5c5c6ccccc6ccc54)cc3)cc21. The van der Waals surface area contributed by atoms with Crippen LogP contribution < -0.4 is 4.90 Å². The van der Waals surface area contributed by atoms with Crippen molar-refractivity contribution in [2.75, 3.05) is 4.90 Å². The Hall–Kier alpha value is -7.16. The first-order valence-corrected chi connectivity index (χ1v) is 19.9. The first-order valence-electron chi connectivity index (χ1n) is 19.9. The summed E-state index contributed by atoms with van der Waals surface area (Å²) in [7, 11) is 0. The lowest BCUT2D eigenvalue weighted by molar-refractivity contribution is 0.660. The average Bonchev–Trinajstić information content (AvgIpc) is 3.73. The van der Waals surface area contributed by atoms with Gasteiger partial charge >= 0.3 is 0 Å². The van der Waals surface area contributed by atoms with Crippen LogP contribution in [0.1, 0.15) is 25.0 Å². The second-order valence-corrected chi connectivity index (χ2v) is 15.7. The monoisotopic (exact) mass is 728 g/mol. The summed E-state index contributed by atoms with van der Waals surface area (Å²) in [6.45, 7) is 4.71. The molecule has 9 aromatic carbocycles. The maximum Gasteiger partial charge on any atom is 0.0547 e. The van der Waals surface area contributed by atoms with Crippen molar-refractivity contribution < 1.29 is 0 Å². The smallest absolute Gasteiger partial charge is 0.0547 e. The van der Waals surface area contributed by atoms with Crippen molar-refractivity contribution in [2.45, 2.75) is 19.3 Å². The van der Waals surface area contributed by atoms with E-state index in [9.17, 15) is 0 Å². The summed E-state index contributed by atoms with van der Waals surface area (Å²) in [5.41, 5.74) is 17.0. The number of benzene rings is 9. The van der Waals surface area contributed by atoms with E-state index in [4.69, 9.17) is 0 Å². The maximum atomic E-state index is 2.45. The third-order valence-electron chi connectivity index (χ3n) is 12.2. The van der Waals surface area contributed by atoms with Gasteiger partial charge in [0.25, 0.3) is 0 Å². The summed E-state index contributed by atoms with van der Waals surface area (Å²) in [5, 5.41) is 5.10. The third-order valence-corrected chi connectivity index (χ3v) is 12.2. The van der Waals surface area contributed by atoms with Gasteiger partial charge in [0.15, 0.2) is 0 Å². The fourth-order valence-electron chi connectivity index (χ4n) is 9.41. The molecule has 10 aromatic rings. The lowest BCUT2D eigenvalue weighted by atomic mass is 9.82. The fourth-order valence-corrected chi connectivity index (χ4v) is 9.41. The van der Waals surface area contributed by atoms with E-state index in [1.54, 1.807) is 0 Å². The van der Waals surface area contributed by atoms with Crippen molar-refractivity contribution in [3.05, 3.63) is 217 Å². The number of fused-ring (bicyclic) bond motifs is 8. The molecular formula is C55H40N2. The molecule has 0 fully saturated rings. The highest BCUT2D eigenvalue weighted by Crippen LogP contribution is 2.51. The van der Waals surface area contributed by atoms with Gasteiger partial charge in [0.05, 0.1) is 16.7 Å². The summed E-state index contributed by atoms with van der Waals surface area (Å²) in [6.07, 6.45) is 0. The normalized spacial score (nSPS) is 12.9. The molecule has 11 rings (SSSR count). The Bertz CT molecular complexity index is 3130. The molecule has 1 heterocycles. The van der Waals surface area contributed by atoms with E-state index < -0.39 is 0 Å². The zero-order valence-electron chi connectivity index (χ0n) is 32.0. The second kappa shape index (κ2) is 13.0. The first kappa shape index (κ1) is 33.2. The number of hydrogen-bond donors (Lipinski definition) is 0. The summed E-state index contributed by atoms with van der Waals surface area (Å²) in [5.74, 6) is 0. The topological polar surface area (TPSA) is 8.17 Å². The zero-order chi connectivity index (χ0) is 38.1. The molecule has 0 saturated heterocycles. The van der Waals surface area contributed by atoms with Crippen molar-refractivity contribution in [3.8, 4) is 39.1 Å². The van der Waals surface area contributed by atoms with Crippen molar-refractivity contribution in [1.29, 1.82) is 0 Å². The molecule has 0 atom stereocenters. The number of rotatable bonds is 6. The molecule has 270 valence electrons. The van der Waals surface area contributed by atoms with Gasteiger partial charge in [-0.3, -0.25) is 0 Å². The number of para-hydroxylation sites is 2. The molecule has 1 aliphatic carbocycles.